The number of carbonyl (C=O) groups is 1. The maximum atomic E-state index is 13.1. The molecule has 1 amide bonds. The van der Waals surface area contributed by atoms with Crippen LogP contribution in [0.3, 0.4) is 0 Å². The van der Waals surface area contributed by atoms with Crippen LogP contribution in [0.4, 0.5) is 11.4 Å². The summed E-state index contributed by atoms with van der Waals surface area (Å²) in [5.74, 6) is -0.273. The van der Waals surface area contributed by atoms with Crippen molar-refractivity contribution in [1.29, 1.82) is 0 Å². The molecule has 0 aliphatic carbocycles. The van der Waals surface area contributed by atoms with E-state index in [2.05, 4.69) is 15.3 Å². The minimum Gasteiger partial charge on any atom is -0.404 e. The number of ether oxygens (including phenoxy) is 1. The standard InChI is InChI=1S/C21H26N6O4S/c1-14(2)27-13-15-10-17(25-21(28)16(12-22)20-23-4-3-5-24-20)18(11-19(15)32(27,29)30)26-6-8-31-9-7-26/h3-5,10-12,14H,6-9,13,22H2,1-2H3,(H,25,28). The van der Waals surface area contributed by atoms with Crippen molar-refractivity contribution in [2.45, 2.75) is 31.3 Å². The van der Waals surface area contributed by atoms with Crippen molar-refractivity contribution in [3.63, 3.8) is 0 Å². The largest absolute Gasteiger partial charge is 0.404 e. The summed E-state index contributed by atoms with van der Waals surface area (Å²) in [6, 6.07) is 4.85. The summed E-state index contributed by atoms with van der Waals surface area (Å²) in [7, 11) is -3.60. The molecule has 0 atom stereocenters. The van der Waals surface area contributed by atoms with Crippen molar-refractivity contribution < 1.29 is 17.9 Å². The molecule has 0 bridgehead atoms. The highest BCUT2D eigenvalue weighted by molar-refractivity contribution is 7.89. The summed E-state index contributed by atoms with van der Waals surface area (Å²) < 4.78 is 33.1. The first-order valence-electron chi connectivity index (χ1n) is 10.3. The van der Waals surface area contributed by atoms with Crippen molar-refractivity contribution in [2.24, 2.45) is 5.73 Å². The van der Waals surface area contributed by atoms with Gasteiger partial charge in [-0.1, -0.05) is 0 Å². The Hall–Kier alpha value is -3.02. The fourth-order valence-corrected chi connectivity index (χ4v) is 5.69. The van der Waals surface area contributed by atoms with Gasteiger partial charge < -0.3 is 20.7 Å². The van der Waals surface area contributed by atoms with Gasteiger partial charge in [-0.3, -0.25) is 4.79 Å². The topological polar surface area (TPSA) is 131 Å². The van der Waals surface area contributed by atoms with Crippen LogP contribution in [0.5, 0.6) is 0 Å². The average molecular weight is 459 g/mol. The van der Waals surface area contributed by atoms with Gasteiger partial charge in [0.15, 0.2) is 5.82 Å². The molecule has 170 valence electrons. The first-order valence-corrected chi connectivity index (χ1v) is 11.8. The maximum Gasteiger partial charge on any atom is 0.261 e. The first-order chi connectivity index (χ1) is 15.3. The van der Waals surface area contributed by atoms with Gasteiger partial charge in [0.25, 0.3) is 5.91 Å². The molecule has 0 radical (unpaired) electrons. The van der Waals surface area contributed by atoms with Crippen LogP contribution in [-0.4, -0.2) is 60.9 Å². The highest BCUT2D eigenvalue weighted by atomic mass is 32.2. The quantitative estimate of drug-likeness (QED) is 0.639. The third-order valence-electron chi connectivity index (χ3n) is 5.49. The Bertz CT molecular complexity index is 1140. The Balaban J connectivity index is 1.74. The van der Waals surface area contributed by atoms with Gasteiger partial charge in [0.05, 0.1) is 35.1 Å². The zero-order valence-corrected chi connectivity index (χ0v) is 18.8. The van der Waals surface area contributed by atoms with E-state index >= 15 is 0 Å². The van der Waals surface area contributed by atoms with Crippen LogP contribution in [-0.2, 0) is 26.1 Å². The van der Waals surface area contributed by atoms with Crippen LogP contribution >= 0.6 is 0 Å². The minimum atomic E-state index is -3.60. The van der Waals surface area contributed by atoms with E-state index in [1.54, 1.807) is 18.2 Å². The van der Waals surface area contributed by atoms with E-state index in [0.29, 0.717) is 43.2 Å². The number of carbonyl (C=O) groups excluding carboxylic acids is 1. The average Bonchev–Trinajstić information content (AvgIpc) is 3.05. The summed E-state index contributed by atoms with van der Waals surface area (Å²) >= 11 is 0. The predicted octanol–water partition coefficient (Wildman–Crippen LogP) is 1.16. The second-order valence-electron chi connectivity index (χ2n) is 7.83. The molecule has 4 rings (SSSR count). The van der Waals surface area contributed by atoms with E-state index in [9.17, 15) is 13.2 Å². The second kappa shape index (κ2) is 8.85. The van der Waals surface area contributed by atoms with Gasteiger partial charge in [-0.2, -0.15) is 4.31 Å². The highest BCUT2D eigenvalue weighted by Gasteiger charge is 2.38. The molecule has 1 saturated heterocycles. The molecule has 0 saturated carbocycles. The molecule has 2 aliphatic rings. The molecule has 11 heteroatoms. The number of rotatable bonds is 5. The number of nitrogens with one attached hydrogen (secondary N) is 1. The maximum absolute atomic E-state index is 13.1. The summed E-state index contributed by atoms with van der Waals surface area (Å²) in [6.45, 7) is 6.12. The first kappa shape index (κ1) is 22.2. The van der Waals surface area contributed by atoms with Crippen LogP contribution in [0.1, 0.15) is 25.2 Å². The molecule has 1 aromatic heterocycles. The molecular weight excluding hydrogens is 432 g/mol. The third kappa shape index (κ3) is 4.06. The van der Waals surface area contributed by atoms with Gasteiger partial charge in [-0.05, 0) is 37.6 Å². The van der Waals surface area contributed by atoms with E-state index in [0.717, 1.165) is 6.20 Å². The molecule has 3 heterocycles. The van der Waals surface area contributed by atoms with Crippen molar-refractivity contribution in [3.8, 4) is 0 Å². The summed E-state index contributed by atoms with van der Waals surface area (Å²) in [6.07, 6.45) is 4.22. The highest BCUT2D eigenvalue weighted by Crippen LogP contribution is 2.39. The predicted molar refractivity (Wildman–Crippen MR) is 120 cm³/mol. The van der Waals surface area contributed by atoms with Crippen LogP contribution in [0.15, 0.2) is 41.7 Å². The lowest BCUT2D eigenvalue weighted by Gasteiger charge is -2.31. The lowest BCUT2D eigenvalue weighted by molar-refractivity contribution is -0.111. The third-order valence-corrected chi connectivity index (χ3v) is 7.59. The molecule has 10 nitrogen and oxygen atoms in total. The van der Waals surface area contributed by atoms with Gasteiger partial charge in [0.1, 0.15) is 0 Å². The number of aromatic nitrogens is 2. The fourth-order valence-electron chi connectivity index (χ4n) is 3.86. The Kier molecular flexibility index (Phi) is 6.13. The smallest absolute Gasteiger partial charge is 0.261 e. The van der Waals surface area contributed by atoms with Crippen molar-refractivity contribution in [2.75, 3.05) is 36.5 Å². The number of sulfonamides is 1. The summed E-state index contributed by atoms with van der Waals surface area (Å²) in [5, 5.41) is 2.90. The van der Waals surface area contributed by atoms with E-state index in [-0.39, 0.29) is 28.9 Å². The Morgan fingerprint density at radius 3 is 2.53 bits per heavy atom. The molecule has 1 fully saturated rings. The van der Waals surface area contributed by atoms with Gasteiger partial charge in [-0.15, -0.1) is 0 Å². The van der Waals surface area contributed by atoms with E-state index in [1.165, 1.54) is 16.7 Å². The van der Waals surface area contributed by atoms with Crippen molar-refractivity contribution in [1.82, 2.24) is 14.3 Å². The van der Waals surface area contributed by atoms with Gasteiger partial charge in [-0.25, -0.2) is 18.4 Å². The van der Waals surface area contributed by atoms with Crippen LogP contribution in [0.2, 0.25) is 0 Å². The molecule has 0 unspecified atom stereocenters. The molecule has 2 aromatic rings. The van der Waals surface area contributed by atoms with Crippen molar-refractivity contribution >= 4 is 32.9 Å². The number of fused-ring (bicyclic) bond motifs is 1. The number of nitrogens with two attached hydrogens (primary N) is 1. The second-order valence-corrected chi connectivity index (χ2v) is 9.69. The normalized spacial score (nSPS) is 18.6. The molecule has 32 heavy (non-hydrogen) atoms. The molecular formula is C21H26N6O4S. The molecule has 2 aliphatic heterocycles. The number of morpholine rings is 1. The van der Waals surface area contributed by atoms with Gasteiger partial charge in [0.2, 0.25) is 10.0 Å². The number of hydrogen-bond donors (Lipinski definition) is 2. The van der Waals surface area contributed by atoms with Gasteiger partial charge in [0, 0.05) is 44.3 Å². The number of amides is 1. The van der Waals surface area contributed by atoms with Crippen LogP contribution in [0, 0.1) is 0 Å². The minimum absolute atomic E-state index is 0.121. The zero-order chi connectivity index (χ0) is 22.9. The number of anilines is 2. The number of hydrogen-bond acceptors (Lipinski definition) is 8. The monoisotopic (exact) mass is 458 g/mol. The lowest BCUT2D eigenvalue weighted by Crippen LogP contribution is -2.37. The molecule has 3 N–H and O–H groups in total. The number of benzene rings is 1. The Labute approximate surface area is 187 Å². The molecule has 0 spiro atoms. The Morgan fingerprint density at radius 2 is 1.91 bits per heavy atom. The van der Waals surface area contributed by atoms with Crippen LogP contribution < -0.4 is 16.0 Å². The Morgan fingerprint density at radius 1 is 1.22 bits per heavy atom. The summed E-state index contributed by atoms with van der Waals surface area (Å²) in [4.78, 5) is 23.5. The SMILES string of the molecule is CC(C)N1Cc2cc(NC(=O)C(=CN)c3ncccn3)c(N3CCOCC3)cc2S1(=O)=O. The molecule has 1 aromatic carbocycles. The fraction of sp³-hybridized carbons (Fsp3) is 0.381. The van der Waals surface area contributed by atoms with E-state index in [1.807, 2.05) is 18.7 Å². The number of nitrogens with zero attached hydrogens (tertiary/aromatic N) is 4. The zero-order valence-electron chi connectivity index (χ0n) is 18.0. The van der Waals surface area contributed by atoms with Crippen molar-refractivity contribution in [3.05, 3.63) is 48.2 Å². The van der Waals surface area contributed by atoms with E-state index in [4.69, 9.17) is 10.5 Å². The summed E-state index contributed by atoms with van der Waals surface area (Å²) in [5.41, 5.74) is 7.59. The van der Waals surface area contributed by atoms with Crippen LogP contribution in [0.25, 0.3) is 5.57 Å². The van der Waals surface area contributed by atoms with E-state index < -0.39 is 15.9 Å². The van der Waals surface area contributed by atoms with Gasteiger partial charge >= 0.3 is 0 Å². The lowest BCUT2D eigenvalue weighted by atomic mass is 10.1.